The van der Waals surface area contributed by atoms with Crippen molar-refractivity contribution in [1.29, 1.82) is 0 Å². The lowest BCUT2D eigenvalue weighted by Crippen LogP contribution is -2.23. The number of carbonyl (C=O) groups is 1. The Hall–Kier alpha value is -3.27. The van der Waals surface area contributed by atoms with E-state index in [-0.39, 0.29) is 10.8 Å². The highest BCUT2D eigenvalue weighted by Crippen LogP contribution is 2.24. The smallest absolute Gasteiger partial charge is 0.261 e. The average molecular weight is 384 g/mol. The van der Waals surface area contributed by atoms with E-state index in [1.807, 2.05) is 0 Å². The van der Waals surface area contributed by atoms with Crippen molar-refractivity contribution in [3.63, 3.8) is 0 Å². The van der Waals surface area contributed by atoms with Gasteiger partial charge in [-0.1, -0.05) is 6.07 Å². The normalized spacial score (nSPS) is 14.5. The Labute approximate surface area is 155 Å². The second-order valence-electron chi connectivity index (χ2n) is 6.05. The topological polar surface area (TPSA) is 110 Å². The van der Waals surface area contributed by atoms with E-state index in [1.165, 1.54) is 23.1 Å². The zero-order valence-corrected chi connectivity index (χ0v) is 15.0. The van der Waals surface area contributed by atoms with Crippen LogP contribution in [0, 0.1) is 0 Å². The highest BCUT2D eigenvalue weighted by atomic mass is 32.2. The number of benzene rings is 2. The van der Waals surface area contributed by atoms with Gasteiger partial charge < -0.3 is 4.90 Å². The highest BCUT2D eigenvalue weighted by Gasteiger charge is 2.22. The zero-order chi connectivity index (χ0) is 18.9. The first-order valence-electron chi connectivity index (χ1n) is 8.30. The van der Waals surface area contributed by atoms with E-state index in [1.54, 1.807) is 41.3 Å². The lowest BCUT2D eigenvalue weighted by atomic mass is 10.3. The molecule has 1 amide bonds. The fourth-order valence-corrected chi connectivity index (χ4v) is 3.98. The van der Waals surface area contributed by atoms with Gasteiger partial charge in [-0.3, -0.25) is 9.52 Å². The molecule has 2 aromatic carbocycles. The van der Waals surface area contributed by atoms with E-state index in [4.69, 9.17) is 0 Å². The van der Waals surface area contributed by atoms with E-state index in [0.29, 0.717) is 30.0 Å². The molecule has 3 aromatic rings. The molecule has 10 heteroatoms. The summed E-state index contributed by atoms with van der Waals surface area (Å²) in [6.45, 7) is 0.660. The summed E-state index contributed by atoms with van der Waals surface area (Å²) in [5, 5.41) is 10.9. The van der Waals surface area contributed by atoms with Crippen molar-refractivity contribution in [3.8, 4) is 5.69 Å². The molecule has 1 aromatic heterocycles. The maximum absolute atomic E-state index is 12.7. The van der Waals surface area contributed by atoms with Gasteiger partial charge in [0.1, 0.15) is 6.33 Å². The second kappa shape index (κ2) is 6.80. The number of rotatable bonds is 5. The van der Waals surface area contributed by atoms with Gasteiger partial charge in [0.15, 0.2) is 0 Å². The molecule has 1 saturated heterocycles. The number of nitrogens with one attached hydrogen (secondary N) is 1. The van der Waals surface area contributed by atoms with Crippen molar-refractivity contribution in [2.24, 2.45) is 0 Å². The van der Waals surface area contributed by atoms with E-state index in [0.717, 1.165) is 6.42 Å². The summed E-state index contributed by atoms with van der Waals surface area (Å²) in [5.74, 6) is 0.0585. The van der Waals surface area contributed by atoms with Gasteiger partial charge in [-0.2, -0.15) is 0 Å². The first-order chi connectivity index (χ1) is 13.0. The summed E-state index contributed by atoms with van der Waals surface area (Å²) in [4.78, 5) is 13.6. The van der Waals surface area contributed by atoms with Crippen LogP contribution in [-0.4, -0.2) is 41.1 Å². The van der Waals surface area contributed by atoms with Gasteiger partial charge in [-0.15, -0.1) is 5.10 Å². The van der Waals surface area contributed by atoms with Gasteiger partial charge in [-0.05, 0) is 59.3 Å². The fraction of sp³-hybridized carbons (Fsp3) is 0.176. The highest BCUT2D eigenvalue weighted by molar-refractivity contribution is 7.92. The van der Waals surface area contributed by atoms with Gasteiger partial charge in [0.25, 0.3) is 10.0 Å². The van der Waals surface area contributed by atoms with Crippen LogP contribution in [-0.2, 0) is 14.8 Å². The SMILES string of the molecule is O=C1CCCN1c1ccc(S(=O)(=O)Nc2cccc(-n3cnnn3)c2)cc1. The molecule has 1 aliphatic heterocycles. The number of hydrogen-bond acceptors (Lipinski definition) is 6. The molecule has 0 radical (unpaired) electrons. The maximum Gasteiger partial charge on any atom is 0.261 e. The predicted molar refractivity (Wildman–Crippen MR) is 98.0 cm³/mol. The lowest BCUT2D eigenvalue weighted by molar-refractivity contribution is -0.117. The minimum Gasteiger partial charge on any atom is -0.312 e. The van der Waals surface area contributed by atoms with E-state index >= 15 is 0 Å². The van der Waals surface area contributed by atoms with Crippen LogP contribution in [0.5, 0.6) is 0 Å². The number of anilines is 2. The molecule has 138 valence electrons. The van der Waals surface area contributed by atoms with E-state index < -0.39 is 10.0 Å². The molecule has 0 atom stereocenters. The standard InChI is InChI=1S/C17H16N6O3S/c24-17-5-2-10-22(17)14-6-8-16(9-7-14)27(25,26)19-13-3-1-4-15(11-13)23-12-18-20-21-23/h1,3-4,6-9,11-12,19H,2,5,10H2. The molecule has 0 saturated carbocycles. The molecule has 1 N–H and O–H groups in total. The number of sulfonamides is 1. The summed E-state index contributed by atoms with van der Waals surface area (Å²) in [5.41, 5.74) is 1.72. The molecule has 9 nitrogen and oxygen atoms in total. The van der Waals surface area contributed by atoms with Gasteiger partial charge >= 0.3 is 0 Å². The third-order valence-electron chi connectivity index (χ3n) is 4.24. The van der Waals surface area contributed by atoms with Crippen LogP contribution >= 0.6 is 0 Å². The summed E-state index contributed by atoms with van der Waals surface area (Å²) < 4.78 is 29.3. The van der Waals surface area contributed by atoms with Crippen LogP contribution in [0.15, 0.2) is 59.8 Å². The molecule has 27 heavy (non-hydrogen) atoms. The summed E-state index contributed by atoms with van der Waals surface area (Å²) in [6.07, 6.45) is 2.77. The molecule has 0 aliphatic carbocycles. The maximum atomic E-state index is 12.7. The van der Waals surface area contributed by atoms with Gasteiger partial charge in [0.2, 0.25) is 5.91 Å². The Morgan fingerprint density at radius 1 is 1.04 bits per heavy atom. The van der Waals surface area contributed by atoms with Crippen molar-refractivity contribution in [1.82, 2.24) is 20.2 Å². The monoisotopic (exact) mass is 384 g/mol. The largest absolute Gasteiger partial charge is 0.312 e. The van der Waals surface area contributed by atoms with Crippen molar-refractivity contribution < 1.29 is 13.2 Å². The molecule has 1 aliphatic rings. The molecule has 0 spiro atoms. The average Bonchev–Trinajstić information content (AvgIpc) is 3.33. The zero-order valence-electron chi connectivity index (χ0n) is 14.2. The number of aromatic nitrogens is 4. The van der Waals surface area contributed by atoms with Crippen LogP contribution in [0.25, 0.3) is 5.69 Å². The minimum absolute atomic E-state index is 0.0585. The molecule has 4 rings (SSSR count). The molecule has 2 heterocycles. The molecule has 0 bridgehead atoms. The Balaban J connectivity index is 1.55. The number of hydrogen-bond donors (Lipinski definition) is 1. The molecular weight excluding hydrogens is 368 g/mol. The van der Waals surface area contributed by atoms with Crippen molar-refractivity contribution in [3.05, 3.63) is 54.9 Å². The van der Waals surface area contributed by atoms with E-state index in [2.05, 4.69) is 20.2 Å². The second-order valence-corrected chi connectivity index (χ2v) is 7.74. The number of tetrazole rings is 1. The predicted octanol–water partition coefficient (Wildman–Crippen LogP) is 1.59. The molecular formula is C17H16N6O3S. The van der Waals surface area contributed by atoms with Gasteiger partial charge in [-0.25, -0.2) is 13.1 Å². The van der Waals surface area contributed by atoms with Crippen LogP contribution < -0.4 is 9.62 Å². The third kappa shape index (κ3) is 3.51. The molecule has 0 unspecified atom stereocenters. The third-order valence-corrected chi connectivity index (χ3v) is 5.64. The first kappa shape index (κ1) is 17.2. The van der Waals surface area contributed by atoms with Crippen LogP contribution in [0.2, 0.25) is 0 Å². The fourth-order valence-electron chi connectivity index (χ4n) is 2.93. The van der Waals surface area contributed by atoms with Crippen LogP contribution in [0.4, 0.5) is 11.4 Å². The molecule has 1 fully saturated rings. The summed E-state index contributed by atoms with van der Waals surface area (Å²) in [6, 6.07) is 13.0. The Morgan fingerprint density at radius 3 is 2.52 bits per heavy atom. The Kier molecular flexibility index (Phi) is 4.32. The number of nitrogens with zero attached hydrogens (tertiary/aromatic N) is 5. The van der Waals surface area contributed by atoms with Crippen molar-refractivity contribution in [2.45, 2.75) is 17.7 Å². The Bertz CT molecular complexity index is 1060. The Morgan fingerprint density at radius 2 is 1.85 bits per heavy atom. The quantitative estimate of drug-likeness (QED) is 0.715. The summed E-state index contributed by atoms with van der Waals surface area (Å²) in [7, 11) is -3.77. The number of amides is 1. The van der Waals surface area contributed by atoms with Gasteiger partial charge in [0.05, 0.1) is 16.3 Å². The van der Waals surface area contributed by atoms with Crippen LogP contribution in [0.3, 0.4) is 0 Å². The number of carbonyl (C=O) groups excluding carboxylic acids is 1. The van der Waals surface area contributed by atoms with Crippen molar-refractivity contribution >= 4 is 27.3 Å². The lowest BCUT2D eigenvalue weighted by Gasteiger charge is -2.16. The van der Waals surface area contributed by atoms with Crippen LogP contribution in [0.1, 0.15) is 12.8 Å². The first-order valence-corrected chi connectivity index (χ1v) is 9.78. The minimum atomic E-state index is -3.77. The summed E-state index contributed by atoms with van der Waals surface area (Å²) >= 11 is 0. The van der Waals surface area contributed by atoms with Crippen molar-refractivity contribution in [2.75, 3.05) is 16.2 Å². The van der Waals surface area contributed by atoms with E-state index in [9.17, 15) is 13.2 Å². The van der Waals surface area contributed by atoms with Gasteiger partial charge in [0, 0.05) is 18.7 Å².